The Kier molecular flexibility index (Phi) is 5.81. The minimum absolute atomic E-state index is 0.279. The van der Waals surface area contributed by atoms with Gasteiger partial charge in [-0.2, -0.15) is 0 Å². The molecule has 4 nitrogen and oxygen atoms in total. The van der Waals surface area contributed by atoms with E-state index in [0.29, 0.717) is 6.54 Å². The number of rotatable bonds is 5. The molecule has 5 heteroatoms. The first-order chi connectivity index (χ1) is 4.66. The lowest BCUT2D eigenvalue weighted by Gasteiger charge is -2.13. The highest BCUT2D eigenvalue weighted by Crippen LogP contribution is 1.89. The summed E-state index contributed by atoms with van der Waals surface area (Å²) in [5, 5.41) is 2.96. The zero-order valence-corrected chi connectivity index (χ0v) is 6.94. The zero-order chi connectivity index (χ0) is 7.98. The third kappa shape index (κ3) is 6.15. The molecule has 10 heavy (non-hydrogen) atoms. The molecule has 0 bridgehead atoms. The third-order valence-corrected chi connectivity index (χ3v) is 1.41. The lowest BCUT2D eigenvalue weighted by atomic mass is 10.4. The molecule has 2 atom stereocenters. The summed E-state index contributed by atoms with van der Waals surface area (Å²) in [6, 6.07) is 0. The molecule has 0 spiro atoms. The molecule has 0 aromatic rings. The van der Waals surface area contributed by atoms with Crippen LogP contribution in [-0.2, 0) is 15.5 Å². The molecule has 0 heterocycles. The van der Waals surface area contributed by atoms with Gasteiger partial charge in [0.2, 0.25) is 0 Å². The first-order valence-corrected chi connectivity index (χ1v) is 4.14. The van der Waals surface area contributed by atoms with Crippen LogP contribution in [0.5, 0.6) is 0 Å². The average molecular weight is 166 g/mol. The Bertz CT molecular complexity index is 109. The van der Waals surface area contributed by atoms with Crippen molar-refractivity contribution in [1.82, 2.24) is 5.32 Å². The Hall–Kier alpha value is 0.0300. The molecule has 0 aromatic heterocycles. The molecule has 0 saturated carbocycles. The first-order valence-electron chi connectivity index (χ1n) is 3.14. The highest BCUT2D eigenvalue weighted by molar-refractivity contribution is 7.74. The van der Waals surface area contributed by atoms with Crippen molar-refractivity contribution in [1.29, 1.82) is 0 Å². The summed E-state index contributed by atoms with van der Waals surface area (Å²) in [5.41, 5.74) is 0. The molecule has 0 rings (SSSR count). The topological polar surface area (TPSA) is 61.4 Å². The van der Waals surface area contributed by atoms with Crippen LogP contribution in [0.2, 0.25) is 0 Å². The summed E-state index contributed by atoms with van der Waals surface area (Å²) in [6.07, 6.45) is -0.279. The van der Waals surface area contributed by atoms with Gasteiger partial charge in [0.05, 0.1) is 17.5 Å². The van der Waals surface area contributed by atoms with Crippen LogP contribution in [0.25, 0.3) is 0 Å². The second-order valence-electron chi connectivity index (χ2n) is 1.92. The van der Waals surface area contributed by atoms with Crippen LogP contribution in [-0.4, -0.2) is 28.0 Å². The Labute approximate surface area is 63.4 Å². The monoisotopic (exact) mass is 166 g/mol. The van der Waals surface area contributed by atoms with Gasteiger partial charge in [0.15, 0.2) is 0 Å². The summed E-state index contributed by atoms with van der Waals surface area (Å²) in [4.78, 5) is 0. The van der Waals surface area contributed by atoms with Gasteiger partial charge in [-0.25, -0.2) is 4.21 Å². The minimum atomic E-state index is -2.39. The predicted molar refractivity (Wildman–Crippen MR) is 38.0 cm³/mol. The van der Waals surface area contributed by atoms with Gasteiger partial charge in [0.1, 0.15) is 0 Å². The van der Waals surface area contributed by atoms with Crippen LogP contribution < -0.4 is 5.32 Å². The Morgan fingerprint density at radius 2 is 2.40 bits per heavy atom. The number of likely N-dealkylation sites (N-methyl/N-ethyl adjacent to an activating group) is 1. The highest BCUT2D eigenvalue weighted by Gasteiger charge is 1.99. The van der Waals surface area contributed by atoms with E-state index in [4.69, 9.17) is 0 Å². The number of hydrogen-bond acceptors (Lipinski definition) is 4. The molecular weight excluding hydrogens is 154 g/mol. The Morgan fingerprint density at radius 3 is 2.80 bits per heavy atom. The lowest BCUT2D eigenvalue weighted by Crippen LogP contribution is -2.27. The molecule has 2 unspecified atom stereocenters. The fourth-order valence-corrected chi connectivity index (χ4v) is 0.852. The van der Waals surface area contributed by atoms with Crippen LogP contribution >= 0.6 is 0 Å². The number of hydrogen-bond donors (Lipinski definition) is 1. The van der Waals surface area contributed by atoms with Crippen molar-refractivity contribution in [3.63, 3.8) is 0 Å². The lowest BCUT2D eigenvalue weighted by molar-refractivity contribution is 0.216. The zero-order valence-electron chi connectivity index (χ0n) is 6.12. The van der Waals surface area contributed by atoms with Gasteiger partial charge in [-0.1, -0.05) is 6.92 Å². The van der Waals surface area contributed by atoms with E-state index < -0.39 is 11.4 Å². The van der Waals surface area contributed by atoms with Crippen molar-refractivity contribution in [3.05, 3.63) is 0 Å². The molecule has 0 radical (unpaired) electrons. The molecular formula is C5H12NO3S-. The molecule has 0 aliphatic carbocycles. The molecule has 62 valence electrons. The summed E-state index contributed by atoms with van der Waals surface area (Å²) < 4.78 is 24.3. The van der Waals surface area contributed by atoms with Crippen LogP contribution in [0.4, 0.5) is 0 Å². The summed E-state index contributed by atoms with van der Waals surface area (Å²) >= 11 is -2.39. The fourth-order valence-electron chi connectivity index (χ4n) is 0.516. The van der Waals surface area contributed by atoms with Crippen LogP contribution in [0.15, 0.2) is 0 Å². The first kappa shape index (κ1) is 10.0. The molecule has 1 N–H and O–H groups in total. The highest BCUT2D eigenvalue weighted by atomic mass is 32.2. The van der Waals surface area contributed by atoms with E-state index in [1.54, 1.807) is 6.92 Å². The minimum Gasteiger partial charge on any atom is -0.750 e. The van der Waals surface area contributed by atoms with Crippen molar-refractivity contribution in [3.8, 4) is 0 Å². The maximum Gasteiger partial charge on any atom is 0.0845 e. The normalized spacial score (nSPS) is 16.7. The van der Waals surface area contributed by atoms with E-state index in [0.717, 1.165) is 6.54 Å². The molecule has 0 aliphatic rings. The van der Waals surface area contributed by atoms with Gasteiger partial charge in [-0.05, 0) is 13.5 Å². The van der Waals surface area contributed by atoms with Crippen LogP contribution in [0.3, 0.4) is 0 Å². The van der Waals surface area contributed by atoms with E-state index in [1.807, 2.05) is 6.92 Å². The molecule has 0 aliphatic heterocycles. The van der Waals surface area contributed by atoms with Crippen molar-refractivity contribution in [2.45, 2.75) is 20.0 Å². The quantitative estimate of drug-likeness (QED) is 0.574. The van der Waals surface area contributed by atoms with Gasteiger partial charge < -0.3 is 9.87 Å². The van der Waals surface area contributed by atoms with Gasteiger partial charge in [-0.15, -0.1) is 0 Å². The van der Waals surface area contributed by atoms with Gasteiger partial charge in [0, 0.05) is 6.54 Å². The van der Waals surface area contributed by atoms with Gasteiger partial charge >= 0.3 is 0 Å². The Morgan fingerprint density at radius 1 is 1.80 bits per heavy atom. The summed E-state index contributed by atoms with van der Waals surface area (Å²) in [5.74, 6) is 0. The van der Waals surface area contributed by atoms with Crippen LogP contribution in [0, 0.1) is 0 Å². The maximum absolute atomic E-state index is 9.92. The van der Waals surface area contributed by atoms with Crippen molar-refractivity contribution < 1.29 is 12.9 Å². The smallest absolute Gasteiger partial charge is 0.0845 e. The van der Waals surface area contributed by atoms with E-state index >= 15 is 0 Å². The molecule has 0 fully saturated rings. The fraction of sp³-hybridized carbons (Fsp3) is 1.00. The van der Waals surface area contributed by atoms with Crippen molar-refractivity contribution in [2.24, 2.45) is 0 Å². The second-order valence-corrected chi connectivity index (χ2v) is 2.52. The molecule has 0 aromatic carbocycles. The predicted octanol–water partition coefficient (Wildman–Crippen LogP) is -0.205. The van der Waals surface area contributed by atoms with Gasteiger partial charge in [0.25, 0.3) is 0 Å². The third-order valence-electron chi connectivity index (χ3n) is 0.925. The molecule has 0 saturated heterocycles. The maximum atomic E-state index is 9.92. The Balaban J connectivity index is 3.25. The average Bonchev–Trinajstić information content (AvgIpc) is 1.82. The summed E-state index contributed by atoms with van der Waals surface area (Å²) in [6.45, 7) is 5.02. The van der Waals surface area contributed by atoms with Crippen LogP contribution in [0.1, 0.15) is 13.8 Å². The SMILES string of the molecule is CCNCC(C)OS(=O)[O-]. The second kappa shape index (κ2) is 5.79. The van der Waals surface area contributed by atoms with E-state index in [9.17, 15) is 8.76 Å². The molecule has 0 amide bonds. The van der Waals surface area contributed by atoms with Crippen molar-refractivity contribution in [2.75, 3.05) is 13.1 Å². The van der Waals surface area contributed by atoms with E-state index in [2.05, 4.69) is 9.50 Å². The van der Waals surface area contributed by atoms with Gasteiger partial charge in [-0.3, -0.25) is 4.18 Å². The van der Waals surface area contributed by atoms with Crippen molar-refractivity contribution >= 4 is 11.4 Å². The van der Waals surface area contributed by atoms with E-state index in [-0.39, 0.29) is 6.10 Å². The number of nitrogens with one attached hydrogen (secondary N) is 1. The van der Waals surface area contributed by atoms with E-state index in [1.165, 1.54) is 0 Å². The largest absolute Gasteiger partial charge is 0.750 e. The summed E-state index contributed by atoms with van der Waals surface area (Å²) in [7, 11) is 0. The standard InChI is InChI=1S/C5H13NO3S/c1-3-6-4-5(2)9-10(7)8/h5-6H,3-4H2,1-2H3,(H,7,8)/p-1.